The summed E-state index contributed by atoms with van der Waals surface area (Å²) < 4.78 is 24.9. The van der Waals surface area contributed by atoms with Crippen LogP contribution >= 0.6 is 0 Å². The Hall–Kier alpha value is -4.44. The number of fused-ring (bicyclic) bond motifs is 3. The Morgan fingerprint density at radius 2 is 1.90 bits per heavy atom. The summed E-state index contributed by atoms with van der Waals surface area (Å²) in [6, 6.07) is 16.9. The molecule has 3 heterocycles. The topological polar surface area (TPSA) is 102 Å². The predicted octanol–water partition coefficient (Wildman–Crippen LogP) is 4.21. The molecule has 1 unspecified atom stereocenters. The van der Waals surface area contributed by atoms with E-state index in [-0.39, 0.29) is 33.7 Å². The lowest BCUT2D eigenvalue weighted by molar-refractivity contribution is 0.388. The molecule has 0 spiro atoms. The van der Waals surface area contributed by atoms with E-state index < -0.39 is 17.4 Å². The SMILES string of the molecule is N#CC1=C(N)Oc2c(c(=O)oc3ccc(F)cc23)C1c1ccc(-c2cccnc2)cc1. The first-order chi connectivity index (χ1) is 15.1. The normalized spacial score (nSPS) is 15.3. The molecule has 0 saturated heterocycles. The molecule has 0 amide bonds. The molecule has 0 radical (unpaired) electrons. The number of hydrogen-bond donors (Lipinski definition) is 1. The second-order valence-electron chi connectivity index (χ2n) is 7.06. The number of allylic oxidation sites excluding steroid dienone is 1. The highest BCUT2D eigenvalue weighted by molar-refractivity contribution is 5.86. The van der Waals surface area contributed by atoms with E-state index >= 15 is 0 Å². The molecule has 2 aromatic carbocycles. The number of nitrogens with zero attached hydrogens (tertiary/aromatic N) is 2. The van der Waals surface area contributed by atoms with Crippen LogP contribution in [-0.4, -0.2) is 4.98 Å². The first kappa shape index (κ1) is 18.6. The monoisotopic (exact) mass is 411 g/mol. The van der Waals surface area contributed by atoms with E-state index in [0.29, 0.717) is 5.56 Å². The average Bonchev–Trinajstić information content (AvgIpc) is 2.79. The van der Waals surface area contributed by atoms with Crippen LogP contribution in [0, 0.1) is 17.1 Å². The molecule has 0 fully saturated rings. The number of nitriles is 1. The largest absolute Gasteiger partial charge is 0.439 e. The van der Waals surface area contributed by atoms with E-state index in [1.54, 1.807) is 12.4 Å². The molecule has 1 aliphatic heterocycles. The molecule has 7 heteroatoms. The van der Waals surface area contributed by atoms with Gasteiger partial charge in [-0.15, -0.1) is 0 Å². The Morgan fingerprint density at radius 3 is 2.61 bits per heavy atom. The number of ether oxygens (including phenoxy) is 1. The Balaban J connectivity index is 1.72. The molecule has 1 aliphatic rings. The van der Waals surface area contributed by atoms with Crippen molar-refractivity contribution < 1.29 is 13.5 Å². The summed E-state index contributed by atoms with van der Waals surface area (Å²) in [4.78, 5) is 17.0. The van der Waals surface area contributed by atoms with E-state index in [9.17, 15) is 14.4 Å². The number of nitrogens with two attached hydrogens (primary N) is 1. The van der Waals surface area contributed by atoms with Crippen molar-refractivity contribution in [1.82, 2.24) is 4.98 Å². The standard InChI is InChI=1S/C24H14FN3O3/c25-16-7-8-19-17(10-16)22-21(24(29)30-19)20(18(11-26)23(27)31-22)14-5-3-13(4-6-14)15-2-1-9-28-12-15/h1-10,12,20H,27H2. The molecule has 6 nitrogen and oxygen atoms in total. The van der Waals surface area contributed by atoms with Crippen molar-refractivity contribution in [2.45, 2.75) is 5.92 Å². The fraction of sp³-hybridized carbons (Fsp3) is 0.0417. The van der Waals surface area contributed by atoms with Gasteiger partial charge in [-0.1, -0.05) is 30.3 Å². The summed E-state index contributed by atoms with van der Waals surface area (Å²) >= 11 is 0. The van der Waals surface area contributed by atoms with Gasteiger partial charge in [-0.3, -0.25) is 4.98 Å². The van der Waals surface area contributed by atoms with Crippen LogP contribution in [-0.2, 0) is 0 Å². The van der Waals surface area contributed by atoms with Crippen LogP contribution in [0.2, 0.25) is 0 Å². The van der Waals surface area contributed by atoms with Gasteiger partial charge in [0, 0.05) is 12.4 Å². The maximum Gasteiger partial charge on any atom is 0.344 e. The molecule has 150 valence electrons. The summed E-state index contributed by atoms with van der Waals surface area (Å²) in [6.45, 7) is 0. The van der Waals surface area contributed by atoms with Crippen LogP contribution in [0.15, 0.2) is 87.7 Å². The molecular formula is C24H14FN3O3. The van der Waals surface area contributed by atoms with E-state index in [1.807, 2.05) is 42.5 Å². The van der Waals surface area contributed by atoms with Gasteiger partial charge in [0.15, 0.2) is 5.75 Å². The average molecular weight is 411 g/mol. The van der Waals surface area contributed by atoms with Gasteiger partial charge in [0.25, 0.3) is 0 Å². The van der Waals surface area contributed by atoms with E-state index in [0.717, 1.165) is 11.1 Å². The van der Waals surface area contributed by atoms with Gasteiger partial charge in [-0.05, 0) is 41.0 Å². The molecule has 0 saturated carbocycles. The molecule has 0 bridgehead atoms. The number of hydrogen-bond acceptors (Lipinski definition) is 6. The van der Waals surface area contributed by atoms with Crippen LogP contribution < -0.4 is 16.1 Å². The number of pyridine rings is 1. The molecule has 5 rings (SSSR count). The smallest absolute Gasteiger partial charge is 0.344 e. The first-order valence-electron chi connectivity index (χ1n) is 9.41. The van der Waals surface area contributed by atoms with Gasteiger partial charge < -0.3 is 14.9 Å². The second-order valence-corrected chi connectivity index (χ2v) is 7.06. The van der Waals surface area contributed by atoms with Crippen molar-refractivity contribution in [3.8, 4) is 22.9 Å². The fourth-order valence-electron chi connectivity index (χ4n) is 3.83. The quantitative estimate of drug-likeness (QED) is 0.496. The summed E-state index contributed by atoms with van der Waals surface area (Å²) in [6.07, 6.45) is 3.43. The summed E-state index contributed by atoms with van der Waals surface area (Å²) in [7, 11) is 0. The lowest BCUT2D eigenvalue weighted by atomic mass is 9.83. The van der Waals surface area contributed by atoms with Crippen LogP contribution in [0.5, 0.6) is 5.75 Å². The van der Waals surface area contributed by atoms with Crippen molar-refractivity contribution in [2.24, 2.45) is 5.73 Å². The minimum atomic E-state index is -0.805. The number of benzene rings is 2. The summed E-state index contributed by atoms with van der Waals surface area (Å²) in [5.74, 6) is -1.35. The maximum atomic E-state index is 13.9. The lowest BCUT2D eigenvalue weighted by Crippen LogP contribution is -2.26. The predicted molar refractivity (Wildman–Crippen MR) is 111 cm³/mol. The zero-order valence-electron chi connectivity index (χ0n) is 16.0. The van der Waals surface area contributed by atoms with Gasteiger partial charge in [-0.2, -0.15) is 5.26 Å². The van der Waals surface area contributed by atoms with Crippen LogP contribution in [0.3, 0.4) is 0 Å². The fourth-order valence-corrected chi connectivity index (χ4v) is 3.83. The minimum Gasteiger partial charge on any atom is -0.439 e. The molecule has 0 aliphatic carbocycles. The van der Waals surface area contributed by atoms with Crippen molar-refractivity contribution >= 4 is 11.0 Å². The maximum absolute atomic E-state index is 13.9. The Labute approximate surface area is 175 Å². The lowest BCUT2D eigenvalue weighted by Gasteiger charge is -2.26. The Morgan fingerprint density at radius 1 is 1.10 bits per heavy atom. The third-order valence-electron chi connectivity index (χ3n) is 5.27. The van der Waals surface area contributed by atoms with Crippen LogP contribution in [0.25, 0.3) is 22.1 Å². The summed E-state index contributed by atoms with van der Waals surface area (Å²) in [5, 5.41) is 10.0. The van der Waals surface area contributed by atoms with Gasteiger partial charge in [0.05, 0.1) is 16.9 Å². The van der Waals surface area contributed by atoms with Crippen molar-refractivity contribution in [1.29, 1.82) is 5.26 Å². The Kier molecular flexibility index (Phi) is 4.26. The molecule has 2 aromatic heterocycles. The van der Waals surface area contributed by atoms with Crippen molar-refractivity contribution in [2.75, 3.05) is 0 Å². The third kappa shape index (κ3) is 3.02. The highest BCUT2D eigenvalue weighted by Gasteiger charge is 2.35. The highest BCUT2D eigenvalue weighted by atomic mass is 19.1. The minimum absolute atomic E-state index is 0.0877. The molecule has 4 aromatic rings. The zero-order valence-corrected chi connectivity index (χ0v) is 16.0. The number of rotatable bonds is 2. The van der Waals surface area contributed by atoms with Gasteiger partial charge >= 0.3 is 5.63 Å². The second kappa shape index (κ2) is 7.11. The van der Waals surface area contributed by atoms with Gasteiger partial charge in [-0.25, -0.2) is 9.18 Å². The van der Waals surface area contributed by atoms with E-state index in [1.165, 1.54) is 18.2 Å². The van der Waals surface area contributed by atoms with E-state index in [2.05, 4.69) is 4.98 Å². The van der Waals surface area contributed by atoms with Crippen LogP contribution in [0.1, 0.15) is 17.0 Å². The highest BCUT2D eigenvalue weighted by Crippen LogP contribution is 2.43. The zero-order chi connectivity index (χ0) is 21.5. The summed E-state index contributed by atoms with van der Waals surface area (Å²) in [5.41, 5.74) is 8.23. The molecule has 31 heavy (non-hydrogen) atoms. The van der Waals surface area contributed by atoms with Crippen LogP contribution in [0.4, 0.5) is 4.39 Å². The molecule has 1 atom stereocenters. The first-order valence-corrected chi connectivity index (χ1v) is 9.41. The van der Waals surface area contributed by atoms with Gasteiger partial charge in [0.1, 0.15) is 23.0 Å². The number of aromatic nitrogens is 1. The van der Waals surface area contributed by atoms with Crippen molar-refractivity contribution in [3.05, 3.63) is 106 Å². The third-order valence-corrected chi connectivity index (χ3v) is 5.27. The van der Waals surface area contributed by atoms with Gasteiger partial charge in [0.2, 0.25) is 5.88 Å². The molecular weight excluding hydrogens is 397 g/mol. The Bertz CT molecular complexity index is 1450. The number of halogens is 1. The van der Waals surface area contributed by atoms with Crippen molar-refractivity contribution in [3.63, 3.8) is 0 Å². The van der Waals surface area contributed by atoms with E-state index in [4.69, 9.17) is 14.9 Å². The molecule has 2 N–H and O–H groups in total.